The lowest BCUT2D eigenvalue weighted by atomic mass is 9.87. The summed E-state index contributed by atoms with van der Waals surface area (Å²) in [5.74, 6) is 0.697. The molecular formula is C14H12O2. The predicted octanol–water partition coefficient (Wildman–Crippen LogP) is 2.71. The second kappa shape index (κ2) is 3.34. The number of fused-ring (bicyclic) bond motifs is 3. The molecule has 16 heavy (non-hydrogen) atoms. The highest BCUT2D eigenvalue weighted by Crippen LogP contribution is 2.30. The summed E-state index contributed by atoms with van der Waals surface area (Å²) < 4.78 is 5.18. The van der Waals surface area contributed by atoms with Crippen LogP contribution in [-0.2, 0) is 12.8 Å². The number of hydrogen-bond donors (Lipinski definition) is 0. The van der Waals surface area contributed by atoms with E-state index in [4.69, 9.17) is 4.42 Å². The molecule has 0 unspecified atom stereocenters. The molecule has 1 aromatic carbocycles. The highest BCUT2D eigenvalue weighted by atomic mass is 16.4. The fourth-order valence-electron chi connectivity index (χ4n) is 2.41. The van der Waals surface area contributed by atoms with Crippen LogP contribution in [0.4, 0.5) is 0 Å². The summed E-state index contributed by atoms with van der Waals surface area (Å²) in [5.41, 5.74) is 3.95. The molecule has 3 rings (SSSR count). The van der Waals surface area contributed by atoms with Crippen molar-refractivity contribution in [3.8, 4) is 11.1 Å². The van der Waals surface area contributed by atoms with Crippen LogP contribution >= 0.6 is 0 Å². The molecule has 2 heteroatoms. The molecule has 2 aromatic rings. The topological polar surface area (TPSA) is 30.2 Å². The van der Waals surface area contributed by atoms with Gasteiger partial charge in [-0.15, -0.1) is 0 Å². The van der Waals surface area contributed by atoms with Crippen molar-refractivity contribution < 1.29 is 4.42 Å². The van der Waals surface area contributed by atoms with Crippen LogP contribution < -0.4 is 5.63 Å². The Morgan fingerprint density at radius 3 is 2.75 bits per heavy atom. The molecule has 0 bridgehead atoms. The van der Waals surface area contributed by atoms with E-state index in [0.717, 1.165) is 29.5 Å². The fourth-order valence-corrected chi connectivity index (χ4v) is 2.41. The molecule has 0 spiro atoms. The molecule has 80 valence electrons. The lowest BCUT2D eigenvalue weighted by molar-refractivity contribution is 0.479. The van der Waals surface area contributed by atoms with Gasteiger partial charge in [0, 0.05) is 0 Å². The molecule has 0 N–H and O–H groups in total. The third-order valence-corrected chi connectivity index (χ3v) is 3.11. The van der Waals surface area contributed by atoms with E-state index in [9.17, 15) is 4.79 Å². The number of hydrogen-bond acceptors (Lipinski definition) is 2. The van der Waals surface area contributed by atoms with Crippen molar-refractivity contribution in [3.05, 3.63) is 57.6 Å². The van der Waals surface area contributed by atoms with Gasteiger partial charge in [0.2, 0.25) is 0 Å². The van der Waals surface area contributed by atoms with E-state index in [2.05, 4.69) is 6.07 Å². The highest BCUT2D eigenvalue weighted by Gasteiger charge is 2.19. The van der Waals surface area contributed by atoms with Gasteiger partial charge in [0.15, 0.2) is 0 Å². The monoisotopic (exact) mass is 212 g/mol. The predicted molar refractivity (Wildman–Crippen MR) is 62.6 cm³/mol. The molecule has 0 amide bonds. The van der Waals surface area contributed by atoms with Gasteiger partial charge in [-0.3, -0.25) is 0 Å². The third kappa shape index (κ3) is 1.30. The van der Waals surface area contributed by atoms with E-state index in [1.165, 1.54) is 5.56 Å². The van der Waals surface area contributed by atoms with Crippen LogP contribution in [-0.4, -0.2) is 0 Å². The van der Waals surface area contributed by atoms with E-state index in [1.54, 1.807) is 0 Å². The first-order valence-corrected chi connectivity index (χ1v) is 5.47. The minimum absolute atomic E-state index is 0.206. The molecule has 2 nitrogen and oxygen atoms in total. The van der Waals surface area contributed by atoms with Crippen LogP contribution in [0, 0.1) is 6.92 Å². The van der Waals surface area contributed by atoms with Crippen molar-refractivity contribution in [2.45, 2.75) is 19.8 Å². The van der Waals surface area contributed by atoms with Crippen LogP contribution in [0.3, 0.4) is 0 Å². The van der Waals surface area contributed by atoms with Gasteiger partial charge < -0.3 is 4.42 Å². The molecule has 0 radical (unpaired) electrons. The van der Waals surface area contributed by atoms with Crippen molar-refractivity contribution in [1.29, 1.82) is 0 Å². The number of aryl methyl sites for hydroxylation is 3. The Morgan fingerprint density at radius 2 is 1.88 bits per heavy atom. The summed E-state index contributed by atoms with van der Waals surface area (Å²) in [7, 11) is 0. The van der Waals surface area contributed by atoms with Crippen LogP contribution in [0.2, 0.25) is 0 Å². The Labute approximate surface area is 93.5 Å². The van der Waals surface area contributed by atoms with Gasteiger partial charge in [0.1, 0.15) is 5.76 Å². The Bertz CT molecular complexity index is 608. The minimum Gasteiger partial charge on any atom is -0.428 e. The lowest BCUT2D eigenvalue weighted by Gasteiger charge is -2.18. The number of benzene rings is 1. The summed E-state index contributed by atoms with van der Waals surface area (Å²) in [4.78, 5) is 11.9. The molecule has 0 saturated heterocycles. The van der Waals surface area contributed by atoms with Gasteiger partial charge in [-0.05, 0) is 42.5 Å². The Hall–Kier alpha value is -1.83. The smallest absolute Gasteiger partial charge is 0.344 e. The first-order chi connectivity index (χ1) is 7.75. The molecule has 0 fully saturated rings. The van der Waals surface area contributed by atoms with E-state index in [0.29, 0.717) is 5.76 Å². The van der Waals surface area contributed by atoms with E-state index < -0.39 is 0 Å². The standard InChI is InChI=1S/C14H12O2/c1-9-8-11-7-6-10-4-2-3-5-12(10)13(11)14(15)16-9/h2-5,8H,6-7H2,1H3. The molecule has 1 aromatic heterocycles. The molecule has 0 saturated carbocycles. The van der Waals surface area contributed by atoms with E-state index in [-0.39, 0.29) is 5.63 Å². The number of rotatable bonds is 0. The second-order valence-corrected chi connectivity index (χ2v) is 4.20. The van der Waals surface area contributed by atoms with Crippen LogP contribution in [0.1, 0.15) is 16.9 Å². The Morgan fingerprint density at radius 1 is 1.12 bits per heavy atom. The first kappa shape index (κ1) is 9.40. The zero-order valence-corrected chi connectivity index (χ0v) is 9.12. The van der Waals surface area contributed by atoms with E-state index >= 15 is 0 Å². The maximum absolute atomic E-state index is 11.9. The van der Waals surface area contributed by atoms with Crippen LogP contribution in [0.25, 0.3) is 11.1 Å². The van der Waals surface area contributed by atoms with Gasteiger partial charge in [0.25, 0.3) is 0 Å². The summed E-state index contributed by atoms with van der Waals surface area (Å²) in [6, 6.07) is 10.0. The highest BCUT2D eigenvalue weighted by molar-refractivity contribution is 5.71. The van der Waals surface area contributed by atoms with Crippen molar-refractivity contribution in [2.24, 2.45) is 0 Å². The maximum Gasteiger partial charge on any atom is 0.344 e. The minimum atomic E-state index is -0.206. The van der Waals surface area contributed by atoms with Gasteiger partial charge in [0.05, 0.1) is 5.56 Å². The van der Waals surface area contributed by atoms with Gasteiger partial charge in [-0.1, -0.05) is 24.3 Å². The first-order valence-electron chi connectivity index (χ1n) is 5.47. The van der Waals surface area contributed by atoms with Crippen molar-refractivity contribution >= 4 is 0 Å². The van der Waals surface area contributed by atoms with Gasteiger partial charge >= 0.3 is 5.63 Å². The summed E-state index contributed by atoms with van der Waals surface area (Å²) in [6.45, 7) is 1.82. The van der Waals surface area contributed by atoms with Crippen molar-refractivity contribution in [2.75, 3.05) is 0 Å². The zero-order valence-electron chi connectivity index (χ0n) is 9.12. The van der Waals surface area contributed by atoms with Gasteiger partial charge in [-0.2, -0.15) is 0 Å². The largest absolute Gasteiger partial charge is 0.428 e. The molecule has 0 atom stereocenters. The Kier molecular flexibility index (Phi) is 1.96. The second-order valence-electron chi connectivity index (χ2n) is 4.20. The van der Waals surface area contributed by atoms with Crippen molar-refractivity contribution in [1.82, 2.24) is 0 Å². The summed E-state index contributed by atoms with van der Waals surface area (Å²) >= 11 is 0. The van der Waals surface area contributed by atoms with Crippen molar-refractivity contribution in [3.63, 3.8) is 0 Å². The molecule has 0 aliphatic heterocycles. The lowest BCUT2D eigenvalue weighted by Crippen LogP contribution is -2.14. The molecule has 1 aliphatic rings. The average Bonchev–Trinajstić information content (AvgIpc) is 2.28. The molecule has 1 heterocycles. The van der Waals surface area contributed by atoms with E-state index in [1.807, 2.05) is 31.2 Å². The van der Waals surface area contributed by atoms with Gasteiger partial charge in [-0.25, -0.2) is 4.79 Å². The Balaban J connectivity index is 2.36. The SMILES string of the molecule is Cc1cc2c(c(=O)o1)-c1ccccc1CC2. The fraction of sp³-hybridized carbons (Fsp3) is 0.214. The average molecular weight is 212 g/mol. The molecular weight excluding hydrogens is 200 g/mol. The normalized spacial score (nSPS) is 13.1. The summed E-state index contributed by atoms with van der Waals surface area (Å²) in [5, 5.41) is 0. The molecule has 1 aliphatic carbocycles. The van der Waals surface area contributed by atoms with Crippen LogP contribution in [0.15, 0.2) is 39.5 Å². The van der Waals surface area contributed by atoms with Crippen LogP contribution in [0.5, 0.6) is 0 Å². The quantitative estimate of drug-likeness (QED) is 0.672. The summed E-state index contributed by atoms with van der Waals surface area (Å²) in [6.07, 6.45) is 1.94. The third-order valence-electron chi connectivity index (χ3n) is 3.11. The maximum atomic E-state index is 11.9. The zero-order chi connectivity index (χ0) is 11.1.